The first kappa shape index (κ1) is 15.2. The minimum absolute atomic E-state index is 0.792. The van der Waals surface area contributed by atoms with Crippen LogP contribution in [0.3, 0.4) is 0 Å². The number of benzene rings is 1. The van der Waals surface area contributed by atoms with Gasteiger partial charge in [0, 0.05) is 19.6 Å². The summed E-state index contributed by atoms with van der Waals surface area (Å²) in [5.41, 5.74) is 5.48. The Hall–Kier alpha value is -1.72. The lowest BCUT2D eigenvalue weighted by Gasteiger charge is -2.22. The fraction of sp³-hybridized carbons (Fsp3) is 0.529. The van der Waals surface area contributed by atoms with Gasteiger partial charge in [0.2, 0.25) is 0 Å². The lowest BCUT2D eigenvalue weighted by Crippen LogP contribution is -2.28. The second kappa shape index (κ2) is 7.03. The van der Waals surface area contributed by atoms with Crippen LogP contribution in [0.2, 0.25) is 0 Å². The monoisotopic (exact) mass is 299 g/mol. The SMILES string of the molecule is Cc1cc(C)c(Cn2cncn2)cc1CN1CCCNCC1. The normalized spacial score (nSPS) is 16.6. The van der Waals surface area contributed by atoms with Gasteiger partial charge in [-0.1, -0.05) is 12.1 Å². The average molecular weight is 299 g/mol. The molecule has 1 saturated heterocycles. The van der Waals surface area contributed by atoms with E-state index in [2.05, 4.69) is 46.3 Å². The van der Waals surface area contributed by atoms with Gasteiger partial charge in [-0.2, -0.15) is 5.10 Å². The van der Waals surface area contributed by atoms with Crippen LogP contribution in [0.1, 0.15) is 28.7 Å². The van der Waals surface area contributed by atoms with Gasteiger partial charge in [-0.05, 0) is 55.6 Å². The summed E-state index contributed by atoms with van der Waals surface area (Å²) in [6.45, 7) is 10.8. The van der Waals surface area contributed by atoms with Crippen LogP contribution in [0.25, 0.3) is 0 Å². The fourth-order valence-corrected chi connectivity index (χ4v) is 3.08. The number of hydrogen-bond acceptors (Lipinski definition) is 4. The maximum Gasteiger partial charge on any atom is 0.137 e. The number of aromatic nitrogens is 3. The highest BCUT2D eigenvalue weighted by atomic mass is 15.3. The molecular weight excluding hydrogens is 274 g/mol. The molecule has 1 aliphatic rings. The zero-order chi connectivity index (χ0) is 15.4. The van der Waals surface area contributed by atoms with E-state index < -0.39 is 0 Å². The number of nitrogens with zero attached hydrogens (tertiary/aromatic N) is 4. The molecular formula is C17H25N5. The number of nitrogens with one attached hydrogen (secondary N) is 1. The van der Waals surface area contributed by atoms with E-state index in [1.54, 1.807) is 12.7 Å². The molecule has 5 nitrogen and oxygen atoms in total. The van der Waals surface area contributed by atoms with Gasteiger partial charge in [-0.3, -0.25) is 4.90 Å². The molecule has 2 heterocycles. The molecule has 1 aliphatic heterocycles. The van der Waals surface area contributed by atoms with Crippen molar-refractivity contribution in [2.24, 2.45) is 0 Å². The Labute approximate surface area is 132 Å². The third-order valence-electron chi connectivity index (χ3n) is 4.42. The van der Waals surface area contributed by atoms with Crippen LogP contribution in [0.5, 0.6) is 0 Å². The van der Waals surface area contributed by atoms with Crippen molar-refractivity contribution in [3.8, 4) is 0 Å². The Balaban J connectivity index is 1.77. The van der Waals surface area contributed by atoms with Gasteiger partial charge >= 0.3 is 0 Å². The van der Waals surface area contributed by atoms with Crippen molar-refractivity contribution >= 4 is 0 Å². The summed E-state index contributed by atoms with van der Waals surface area (Å²) in [6.07, 6.45) is 4.60. The molecule has 1 fully saturated rings. The van der Waals surface area contributed by atoms with Gasteiger partial charge in [0.1, 0.15) is 12.7 Å². The molecule has 0 atom stereocenters. The van der Waals surface area contributed by atoms with Gasteiger partial charge in [0.05, 0.1) is 6.54 Å². The summed E-state index contributed by atoms with van der Waals surface area (Å²) < 4.78 is 1.89. The van der Waals surface area contributed by atoms with E-state index in [9.17, 15) is 0 Å². The summed E-state index contributed by atoms with van der Waals surface area (Å²) in [6, 6.07) is 4.66. The zero-order valence-electron chi connectivity index (χ0n) is 13.5. The second-order valence-electron chi connectivity index (χ2n) is 6.18. The van der Waals surface area contributed by atoms with Crippen molar-refractivity contribution in [1.82, 2.24) is 25.0 Å². The first-order valence-electron chi connectivity index (χ1n) is 8.07. The van der Waals surface area contributed by atoms with E-state index in [0.717, 1.165) is 32.7 Å². The van der Waals surface area contributed by atoms with E-state index in [1.165, 1.54) is 35.2 Å². The van der Waals surface area contributed by atoms with Crippen LogP contribution < -0.4 is 5.32 Å². The number of rotatable bonds is 4. The molecule has 0 unspecified atom stereocenters. The Kier molecular flexibility index (Phi) is 4.85. The Bertz CT molecular complexity index is 598. The fourth-order valence-electron chi connectivity index (χ4n) is 3.08. The number of aryl methyl sites for hydroxylation is 2. The maximum absolute atomic E-state index is 4.22. The van der Waals surface area contributed by atoms with Crippen LogP contribution in [0, 0.1) is 13.8 Å². The molecule has 22 heavy (non-hydrogen) atoms. The molecule has 2 aromatic rings. The van der Waals surface area contributed by atoms with Crippen LogP contribution in [-0.2, 0) is 13.1 Å². The van der Waals surface area contributed by atoms with E-state index in [0.29, 0.717) is 0 Å². The van der Waals surface area contributed by atoms with Crippen LogP contribution in [-0.4, -0.2) is 45.8 Å². The summed E-state index contributed by atoms with van der Waals surface area (Å²) in [7, 11) is 0. The Morgan fingerprint density at radius 1 is 1.05 bits per heavy atom. The molecule has 5 heteroatoms. The minimum atomic E-state index is 0.792. The van der Waals surface area contributed by atoms with Crippen LogP contribution in [0.4, 0.5) is 0 Å². The Morgan fingerprint density at radius 3 is 2.64 bits per heavy atom. The smallest absolute Gasteiger partial charge is 0.137 e. The van der Waals surface area contributed by atoms with Crippen molar-refractivity contribution in [2.45, 2.75) is 33.4 Å². The topological polar surface area (TPSA) is 46.0 Å². The third-order valence-corrected chi connectivity index (χ3v) is 4.42. The average Bonchev–Trinajstić information content (AvgIpc) is 2.87. The molecule has 3 rings (SSSR count). The summed E-state index contributed by atoms with van der Waals surface area (Å²) in [5, 5.41) is 7.69. The zero-order valence-corrected chi connectivity index (χ0v) is 13.5. The highest BCUT2D eigenvalue weighted by molar-refractivity contribution is 5.37. The Morgan fingerprint density at radius 2 is 1.86 bits per heavy atom. The highest BCUT2D eigenvalue weighted by Gasteiger charge is 2.12. The van der Waals surface area contributed by atoms with Gasteiger partial charge in [0.25, 0.3) is 0 Å². The first-order valence-corrected chi connectivity index (χ1v) is 8.07. The maximum atomic E-state index is 4.22. The van der Waals surface area contributed by atoms with Crippen molar-refractivity contribution in [1.29, 1.82) is 0 Å². The van der Waals surface area contributed by atoms with Gasteiger partial charge < -0.3 is 5.32 Å². The lowest BCUT2D eigenvalue weighted by atomic mass is 9.99. The van der Waals surface area contributed by atoms with Crippen molar-refractivity contribution in [3.63, 3.8) is 0 Å². The van der Waals surface area contributed by atoms with Gasteiger partial charge in [0.15, 0.2) is 0 Å². The molecule has 1 aromatic heterocycles. The van der Waals surface area contributed by atoms with Crippen LogP contribution in [0.15, 0.2) is 24.8 Å². The molecule has 118 valence electrons. The van der Waals surface area contributed by atoms with Crippen LogP contribution >= 0.6 is 0 Å². The van der Waals surface area contributed by atoms with Crippen molar-refractivity contribution in [3.05, 3.63) is 47.0 Å². The third kappa shape index (κ3) is 3.72. The molecule has 0 saturated carbocycles. The molecule has 0 aliphatic carbocycles. The number of hydrogen-bond donors (Lipinski definition) is 1. The van der Waals surface area contributed by atoms with Crippen molar-refractivity contribution in [2.75, 3.05) is 26.2 Å². The lowest BCUT2D eigenvalue weighted by molar-refractivity contribution is 0.284. The highest BCUT2D eigenvalue weighted by Crippen LogP contribution is 2.19. The summed E-state index contributed by atoms with van der Waals surface area (Å²) in [5.74, 6) is 0. The predicted octanol–water partition coefficient (Wildman–Crippen LogP) is 1.74. The summed E-state index contributed by atoms with van der Waals surface area (Å²) >= 11 is 0. The van der Waals surface area contributed by atoms with Crippen molar-refractivity contribution < 1.29 is 0 Å². The van der Waals surface area contributed by atoms with Gasteiger partial charge in [-0.15, -0.1) is 0 Å². The van der Waals surface area contributed by atoms with E-state index in [1.807, 2.05) is 4.68 Å². The predicted molar refractivity (Wildman–Crippen MR) is 87.8 cm³/mol. The first-order chi connectivity index (χ1) is 10.7. The van der Waals surface area contributed by atoms with Gasteiger partial charge in [-0.25, -0.2) is 9.67 Å². The standard InChI is InChI=1S/C17H25N5/c1-14-8-15(2)17(11-22-13-19-12-20-22)9-16(14)10-21-6-3-4-18-5-7-21/h8-9,12-13,18H,3-7,10-11H2,1-2H3. The molecule has 0 spiro atoms. The van der Waals surface area contributed by atoms with E-state index in [-0.39, 0.29) is 0 Å². The molecule has 1 N–H and O–H groups in total. The van der Waals surface area contributed by atoms with E-state index >= 15 is 0 Å². The minimum Gasteiger partial charge on any atom is -0.315 e. The molecule has 0 radical (unpaired) electrons. The summed E-state index contributed by atoms with van der Waals surface area (Å²) in [4.78, 5) is 6.58. The largest absolute Gasteiger partial charge is 0.315 e. The molecule has 0 bridgehead atoms. The second-order valence-corrected chi connectivity index (χ2v) is 6.18. The van der Waals surface area contributed by atoms with E-state index in [4.69, 9.17) is 0 Å². The molecule has 0 amide bonds. The quantitative estimate of drug-likeness (QED) is 0.934. The molecule has 1 aromatic carbocycles.